The van der Waals surface area contributed by atoms with E-state index in [1.807, 2.05) is 0 Å². The van der Waals surface area contributed by atoms with Gasteiger partial charge in [0, 0.05) is 20.0 Å². The molecule has 0 aromatic carbocycles. The van der Waals surface area contributed by atoms with Crippen LogP contribution in [0.15, 0.2) is 0 Å². The Balaban J connectivity index is 2.18. The van der Waals surface area contributed by atoms with Crippen LogP contribution in [-0.2, 0) is 9.53 Å². The van der Waals surface area contributed by atoms with E-state index in [2.05, 4.69) is 20.8 Å². The third kappa shape index (κ3) is 2.04. The summed E-state index contributed by atoms with van der Waals surface area (Å²) >= 11 is 0. The number of Topliss-reactive ketones (excluding diaryl/α,β-unsaturated/α-hetero) is 1. The summed E-state index contributed by atoms with van der Waals surface area (Å²) in [6.45, 7) is 6.62. The molecule has 16 heavy (non-hydrogen) atoms. The molecule has 2 bridgehead atoms. The van der Waals surface area contributed by atoms with Gasteiger partial charge in [0.05, 0.1) is 5.60 Å². The highest BCUT2D eigenvalue weighted by atomic mass is 16.5. The normalized spacial score (nSPS) is 39.9. The van der Waals surface area contributed by atoms with E-state index in [0.29, 0.717) is 23.0 Å². The van der Waals surface area contributed by atoms with Gasteiger partial charge in [0.2, 0.25) is 0 Å². The van der Waals surface area contributed by atoms with Crippen LogP contribution in [0.3, 0.4) is 0 Å². The Morgan fingerprint density at radius 3 is 2.75 bits per heavy atom. The van der Waals surface area contributed by atoms with Gasteiger partial charge in [0.25, 0.3) is 0 Å². The summed E-state index contributed by atoms with van der Waals surface area (Å²) in [7, 11) is 1.79. The van der Waals surface area contributed by atoms with Gasteiger partial charge in [-0.25, -0.2) is 0 Å². The van der Waals surface area contributed by atoms with Crippen molar-refractivity contribution in [3.8, 4) is 0 Å². The Kier molecular flexibility index (Phi) is 2.90. The first-order chi connectivity index (χ1) is 7.36. The summed E-state index contributed by atoms with van der Waals surface area (Å²) in [5.74, 6) is 1.57. The van der Waals surface area contributed by atoms with Crippen molar-refractivity contribution >= 4 is 5.78 Å². The minimum absolute atomic E-state index is 0.0797. The van der Waals surface area contributed by atoms with Crippen LogP contribution in [0.1, 0.15) is 52.9 Å². The quantitative estimate of drug-likeness (QED) is 0.720. The first kappa shape index (κ1) is 12.1. The number of hydrogen-bond donors (Lipinski definition) is 0. The lowest BCUT2D eigenvalue weighted by molar-refractivity contribution is -0.135. The monoisotopic (exact) mass is 224 g/mol. The van der Waals surface area contributed by atoms with Crippen LogP contribution in [0.25, 0.3) is 0 Å². The SMILES string of the molecule is COC(C)(C)[C@H]1CC[C@]2(C)CC(=O)C[C@H]1C2. The number of ketones is 1. The molecule has 0 N–H and O–H groups in total. The molecule has 0 radical (unpaired) electrons. The average molecular weight is 224 g/mol. The highest BCUT2D eigenvalue weighted by Crippen LogP contribution is 2.52. The lowest BCUT2D eigenvalue weighted by atomic mass is 9.56. The van der Waals surface area contributed by atoms with Gasteiger partial charge in [-0.3, -0.25) is 4.79 Å². The van der Waals surface area contributed by atoms with Crippen molar-refractivity contribution in [2.45, 2.75) is 58.5 Å². The molecule has 0 unspecified atom stereocenters. The Hall–Kier alpha value is -0.370. The van der Waals surface area contributed by atoms with E-state index in [1.54, 1.807) is 7.11 Å². The van der Waals surface area contributed by atoms with Crippen molar-refractivity contribution in [2.75, 3.05) is 7.11 Å². The smallest absolute Gasteiger partial charge is 0.133 e. The Labute approximate surface area is 98.7 Å². The second kappa shape index (κ2) is 3.83. The zero-order valence-corrected chi connectivity index (χ0v) is 11.0. The second-order valence-electron chi connectivity index (χ2n) is 6.65. The molecule has 2 nitrogen and oxygen atoms in total. The van der Waals surface area contributed by atoms with Crippen molar-refractivity contribution in [3.05, 3.63) is 0 Å². The molecule has 0 aliphatic heterocycles. The standard InChI is InChI=1S/C14H24O2/c1-13(2,16-4)12-5-6-14(3)8-10(12)7-11(15)9-14/h10,12H,5-9H2,1-4H3/t10-,12-,14-/m0/s1. The van der Waals surface area contributed by atoms with E-state index < -0.39 is 0 Å². The second-order valence-corrected chi connectivity index (χ2v) is 6.65. The van der Waals surface area contributed by atoms with Gasteiger partial charge in [0.1, 0.15) is 5.78 Å². The summed E-state index contributed by atoms with van der Waals surface area (Å²) in [6.07, 6.45) is 5.22. The average Bonchev–Trinajstić information content (AvgIpc) is 2.15. The van der Waals surface area contributed by atoms with E-state index in [9.17, 15) is 4.79 Å². The molecule has 2 rings (SSSR count). The van der Waals surface area contributed by atoms with Crippen LogP contribution in [0, 0.1) is 17.3 Å². The van der Waals surface area contributed by atoms with Crippen molar-refractivity contribution in [1.29, 1.82) is 0 Å². The minimum atomic E-state index is -0.0797. The summed E-state index contributed by atoms with van der Waals surface area (Å²) in [5.41, 5.74) is 0.212. The number of methoxy groups -OCH3 is 1. The molecular formula is C14H24O2. The number of ether oxygens (including phenoxy) is 1. The molecule has 92 valence electrons. The molecule has 2 saturated carbocycles. The van der Waals surface area contributed by atoms with E-state index in [1.165, 1.54) is 19.3 Å². The van der Waals surface area contributed by atoms with Gasteiger partial charge < -0.3 is 4.74 Å². The summed E-state index contributed by atoms with van der Waals surface area (Å²) in [6, 6.07) is 0. The molecular weight excluding hydrogens is 200 g/mol. The summed E-state index contributed by atoms with van der Waals surface area (Å²) in [5, 5.41) is 0. The van der Waals surface area contributed by atoms with Gasteiger partial charge in [-0.1, -0.05) is 6.92 Å². The van der Waals surface area contributed by atoms with Crippen molar-refractivity contribution in [3.63, 3.8) is 0 Å². The predicted octanol–water partition coefficient (Wildman–Crippen LogP) is 3.20. The number of rotatable bonds is 2. The Bertz CT molecular complexity index is 295. The molecule has 2 fully saturated rings. The third-order valence-electron chi connectivity index (χ3n) is 4.92. The Morgan fingerprint density at radius 2 is 2.12 bits per heavy atom. The van der Waals surface area contributed by atoms with Gasteiger partial charge >= 0.3 is 0 Å². The number of carbonyl (C=O) groups is 1. The summed E-state index contributed by atoms with van der Waals surface area (Å²) < 4.78 is 5.63. The van der Waals surface area contributed by atoms with Crippen molar-refractivity contribution in [2.24, 2.45) is 17.3 Å². The molecule has 0 heterocycles. The highest BCUT2D eigenvalue weighted by molar-refractivity contribution is 5.80. The zero-order chi connectivity index (χ0) is 12.0. The first-order valence-corrected chi connectivity index (χ1v) is 6.43. The molecule has 2 heteroatoms. The number of hydrogen-bond acceptors (Lipinski definition) is 2. The maximum Gasteiger partial charge on any atom is 0.133 e. The lowest BCUT2D eigenvalue weighted by Crippen LogP contribution is -2.47. The topological polar surface area (TPSA) is 26.3 Å². The van der Waals surface area contributed by atoms with E-state index in [4.69, 9.17) is 4.74 Å². The van der Waals surface area contributed by atoms with Gasteiger partial charge in [-0.2, -0.15) is 0 Å². The van der Waals surface area contributed by atoms with E-state index in [0.717, 1.165) is 12.8 Å². The first-order valence-electron chi connectivity index (χ1n) is 6.43. The molecule has 0 aromatic heterocycles. The fraction of sp³-hybridized carbons (Fsp3) is 0.929. The number of carbonyl (C=O) groups excluding carboxylic acids is 1. The maximum atomic E-state index is 11.8. The number of fused-ring (bicyclic) bond motifs is 2. The minimum Gasteiger partial charge on any atom is -0.379 e. The molecule has 2 aliphatic rings. The summed E-state index contributed by atoms with van der Waals surface area (Å²) in [4.78, 5) is 11.8. The van der Waals surface area contributed by atoms with Crippen molar-refractivity contribution in [1.82, 2.24) is 0 Å². The van der Waals surface area contributed by atoms with Crippen LogP contribution in [-0.4, -0.2) is 18.5 Å². The lowest BCUT2D eigenvalue weighted by Gasteiger charge is -2.50. The van der Waals surface area contributed by atoms with Crippen LogP contribution in [0.4, 0.5) is 0 Å². The Morgan fingerprint density at radius 1 is 1.44 bits per heavy atom. The van der Waals surface area contributed by atoms with Gasteiger partial charge in [-0.15, -0.1) is 0 Å². The third-order valence-corrected chi connectivity index (χ3v) is 4.92. The van der Waals surface area contributed by atoms with E-state index >= 15 is 0 Å². The molecule has 0 spiro atoms. The fourth-order valence-corrected chi connectivity index (χ4v) is 3.90. The largest absolute Gasteiger partial charge is 0.379 e. The van der Waals surface area contributed by atoms with Gasteiger partial charge in [-0.05, 0) is 50.4 Å². The van der Waals surface area contributed by atoms with Crippen LogP contribution in [0.2, 0.25) is 0 Å². The molecule has 0 amide bonds. The molecule has 2 aliphatic carbocycles. The molecule has 3 atom stereocenters. The van der Waals surface area contributed by atoms with Crippen LogP contribution < -0.4 is 0 Å². The molecule has 0 saturated heterocycles. The zero-order valence-electron chi connectivity index (χ0n) is 11.0. The predicted molar refractivity (Wildman–Crippen MR) is 64.3 cm³/mol. The van der Waals surface area contributed by atoms with Crippen molar-refractivity contribution < 1.29 is 9.53 Å². The van der Waals surface area contributed by atoms with Crippen LogP contribution >= 0.6 is 0 Å². The highest BCUT2D eigenvalue weighted by Gasteiger charge is 2.48. The van der Waals surface area contributed by atoms with E-state index in [-0.39, 0.29) is 5.60 Å². The fourth-order valence-electron chi connectivity index (χ4n) is 3.90. The van der Waals surface area contributed by atoms with Crippen LogP contribution in [0.5, 0.6) is 0 Å². The van der Waals surface area contributed by atoms with Gasteiger partial charge in [0.15, 0.2) is 0 Å². The maximum absolute atomic E-state index is 11.8. The molecule has 0 aromatic rings.